The average Bonchev–Trinajstić information content (AvgIpc) is 0.933. The molecule has 0 spiro atoms. The highest BCUT2D eigenvalue weighted by Gasteiger charge is 2.30. The average molecular weight is 1490 g/mol. The van der Waals surface area contributed by atoms with Crippen molar-refractivity contribution in [1.82, 2.24) is 0 Å². The quantitative estimate of drug-likeness (QED) is 0.0222. The lowest BCUT2D eigenvalue weighted by Gasteiger charge is -2.21. The molecule has 19 heteroatoms. The third kappa shape index (κ3) is 74.9. The summed E-state index contributed by atoms with van der Waals surface area (Å²) < 4.78 is 68.8. The molecule has 0 amide bonds. The molecule has 17 nitrogen and oxygen atoms in total. The van der Waals surface area contributed by atoms with Crippen LogP contribution in [-0.2, 0) is 65.4 Å². The number of unbranched alkanes of at least 4 members (excludes halogenated alkanes) is 51. The van der Waals surface area contributed by atoms with Crippen molar-refractivity contribution in [3.63, 3.8) is 0 Å². The van der Waals surface area contributed by atoms with Gasteiger partial charge in [0.15, 0.2) is 12.2 Å². The molecule has 0 heterocycles. The number of phosphoric ester groups is 2. The Kier molecular flexibility index (Phi) is 73.1. The zero-order valence-corrected chi connectivity index (χ0v) is 68.7. The number of aliphatic hydroxyl groups is 1. The Morgan fingerprint density at radius 2 is 0.500 bits per heavy atom. The Morgan fingerprint density at radius 1 is 0.284 bits per heavy atom. The number of carbonyl (C=O) groups is 4. The van der Waals surface area contributed by atoms with Crippen LogP contribution < -0.4 is 0 Å². The van der Waals surface area contributed by atoms with Crippen LogP contribution in [0.3, 0.4) is 0 Å². The van der Waals surface area contributed by atoms with E-state index < -0.39 is 97.5 Å². The van der Waals surface area contributed by atoms with E-state index in [1.807, 2.05) is 0 Å². The molecule has 0 aliphatic rings. The molecule has 0 aromatic rings. The van der Waals surface area contributed by atoms with E-state index in [4.69, 9.17) is 37.0 Å². The van der Waals surface area contributed by atoms with Crippen molar-refractivity contribution in [1.29, 1.82) is 0 Å². The van der Waals surface area contributed by atoms with E-state index in [-0.39, 0.29) is 25.7 Å². The Morgan fingerprint density at radius 3 is 0.745 bits per heavy atom. The topological polar surface area (TPSA) is 237 Å². The number of phosphoric acid groups is 2. The van der Waals surface area contributed by atoms with Gasteiger partial charge in [-0.3, -0.25) is 37.3 Å². The minimum absolute atomic E-state index is 0.108. The van der Waals surface area contributed by atoms with Crippen molar-refractivity contribution in [2.75, 3.05) is 39.6 Å². The highest BCUT2D eigenvalue weighted by atomic mass is 31.2. The van der Waals surface area contributed by atoms with E-state index >= 15 is 0 Å². The lowest BCUT2D eigenvalue weighted by Crippen LogP contribution is -2.30. The summed E-state index contributed by atoms with van der Waals surface area (Å²) in [5, 5.41) is 10.7. The maximum absolute atomic E-state index is 13.1. The predicted molar refractivity (Wildman–Crippen MR) is 418 cm³/mol. The van der Waals surface area contributed by atoms with Gasteiger partial charge in [0.25, 0.3) is 0 Å². The van der Waals surface area contributed by atoms with E-state index in [0.717, 1.165) is 102 Å². The fourth-order valence-corrected chi connectivity index (χ4v) is 14.4. The van der Waals surface area contributed by atoms with E-state index in [1.165, 1.54) is 257 Å². The predicted octanol–water partition coefficient (Wildman–Crippen LogP) is 25.1. The van der Waals surface area contributed by atoms with Crippen molar-refractivity contribution in [2.24, 2.45) is 11.8 Å². The summed E-state index contributed by atoms with van der Waals surface area (Å²) in [6.45, 7) is 9.71. The Hall–Kier alpha value is -1.94. The van der Waals surface area contributed by atoms with E-state index in [9.17, 15) is 43.2 Å². The summed E-state index contributed by atoms with van der Waals surface area (Å²) in [6, 6.07) is 0. The van der Waals surface area contributed by atoms with E-state index in [2.05, 4.69) is 41.5 Å². The molecule has 6 atom stereocenters. The third-order valence-electron chi connectivity index (χ3n) is 19.8. The molecule has 3 N–H and O–H groups in total. The van der Waals surface area contributed by atoms with Gasteiger partial charge in [0.05, 0.1) is 26.4 Å². The second kappa shape index (κ2) is 74.5. The molecule has 0 aliphatic carbocycles. The van der Waals surface area contributed by atoms with Crippen LogP contribution in [0, 0.1) is 11.8 Å². The molecule has 0 aliphatic heterocycles. The van der Waals surface area contributed by atoms with Crippen molar-refractivity contribution >= 4 is 39.5 Å². The maximum Gasteiger partial charge on any atom is 0.472 e. The first kappa shape index (κ1) is 100. The lowest BCUT2D eigenvalue weighted by molar-refractivity contribution is -0.161. The summed E-state index contributed by atoms with van der Waals surface area (Å²) in [6.07, 6.45) is 65.1. The number of aliphatic hydroxyl groups excluding tert-OH is 1. The van der Waals surface area contributed by atoms with Gasteiger partial charge < -0.3 is 33.8 Å². The maximum atomic E-state index is 13.1. The second-order valence-corrected chi connectivity index (χ2v) is 33.5. The van der Waals surface area contributed by atoms with Gasteiger partial charge in [-0.1, -0.05) is 388 Å². The second-order valence-electron chi connectivity index (χ2n) is 30.6. The van der Waals surface area contributed by atoms with Crippen LogP contribution in [0.1, 0.15) is 440 Å². The number of rotatable bonds is 82. The fourth-order valence-electron chi connectivity index (χ4n) is 12.9. The van der Waals surface area contributed by atoms with Crippen LogP contribution in [0.25, 0.3) is 0 Å². The van der Waals surface area contributed by atoms with E-state index in [0.29, 0.717) is 25.7 Å². The molecular weight excluding hydrogens is 1330 g/mol. The fraction of sp³-hybridized carbons (Fsp3) is 0.952. The van der Waals surface area contributed by atoms with Gasteiger partial charge >= 0.3 is 39.5 Å². The number of ether oxygens (including phenoxy) is 4. The molecule has 0 bridgehead atoms. The van der Waals surface area contributed by atoms with Gasteiger partial charge in [-0.25, -0.2) is 9.13 Å². The lowest BCUT2D eigenvalue weighted by atomic mass is 9.99. The van der Waals surface area contributed by atoms with E-state index in [1.54, 1.807) is 0 Å². The highest BCUT2D eigenvalue weighted by molar-refractivity contribution is 7.47. The van der Waals surface area contributed by atoms with Gasteiger partial charge in [0.2, 0.25) is 0 Å². The van der Waals surface area contributed by atoms with Crippen LogP contribution in [0.2, 0.25) is 0 Å². The van der Waals surface area contributed by atoms with Crippen LogP contribution >= 0.6 is 15.6 Å². The van der Waals surface area contributed by atoms with Crippen LogP contribution in [0.5, 0.6) is 0 Å². The third-order valence-corrected chi connectivity index (χ3v) is 21.7. The van der Waals surface area contributed by atoms with Gasteiger partial charge in [-0.2, -0.15) is 0 Å². The minimum Gasteiger partial charge on any atom is -0.462 e. The molecular formula is C83H162O17P2. The summed E-state index contributed by atoms with van der Waals surface area (Å²) in [4.78, 5) is 73.1. The summed E-state index contributed by atoms with van der Waals surface area (Å²) in [7, 11) is -9.92. The van der Waals surface area contributed by atoms with Crippen LogP contribution in [-0.4, -0.2) is 96.7 Å². The summed E-state index contributed by atoms with van der Waals surface area (Å²) >= 11 is 0. The largest absolute Gasteiger partial charge is 0.472 e. The molecule has 0 rings (SSSR count). The molecule has 102 heavy (non-hydrogen) atoms. The molecule has 0 fully saturated rings. The molecule has 0 saturated heterocycles. The monoisotopic (exact) mass is 1490 g/mol. The van der Waals surface area contributed by atoms with Crippen molar-refractivity contribution < 1.29 is 80.2 Å². The molecule has 0 aromatic carbocycles. The summed E-state index contributed by atoms with van der Waals surface area (Å²) in [5.74, 6) is -0.465. The SMILES string of the molecule is CCCCCCCCCCCCCCCCCCCCC(=O)OC[C@H](COP(=O)(O)OC[C@@H](O)COP(=O)(O)OC[C@@H](COC(=O)CCCCCCCCCCC)OC(=O)CCCCCCCCCCCCCCCCC(C)C)OC(=O)CCCCCCCCCCCCCCCCC(C)CC. The highest BCUT2D eigenvalue weighted by Crippen LogP contribution is 2.45. The zero-order valence-electron chi connectivity index (χ0n) is 66.9. The first-order chi connectivity index (χ1) is 49.4. The molecule has 0 aromatic heterocycles. The zero-order chi connectivity index (χ0) is 74.9. The first-order valence-corrected chi connectivity index (χ1v) is 46.0. The number of esters is 4. The van der Waals surface area contributed by atoms with Gasteiger partial charge in [0, 0.05) is 25.7 Å². The Bertz CT molecular complexity index is 1960. The van der Waals surface area contributed by atoms with Crippen LogP contribution in [0.15, 0.2) is 0 Å². The van der Waals surface area contributed by atoms with Crippen molar-refractivity contribution in [2.45, 2.75) is 458 Å². The standard InChI is InChI=1S/C83H162O17P2/c1-7-10-12-14-16-18-19-20-21-22-23-24-31-36-42-48-54-60-66-81(86)94-72-79(100-83(88)68-62-56-50-44-38-33-28-26-30-35-41-46-52-58-64-76(6)9-3)74-98-102(91,92)96-70-77(84)69-95-101(89,90)97-73-78(71-93-80(85)65-59-53-47-39-17-15-13-11-8-2)99-82(87)67-61-55-49-43-37-32-27-25-29-34-40-45-51-57-63-75(4)5/h75-79,84H,7-74H2,1-6H3,(H,89,90)(H,91,92)/t76?,77-,78+,79+/m0/s1. The molecule has 0 radical (unpaired) electrons. The van der Waals surface area contributed by atoms with Gasteiger partial charge in [-0.15, -0.1) is 0 Å². The molecule has 3 unspecified atom stereocenters. The summed E-state index contributed by atoms with van der Waals surface area (Å²) in [5.41, 5.74) is 0. The molecule has 0 saturated carbocycles. The minimum atomic E-state index is -4.96. The van der Waals surface area contributed by atoms with Gasteiger partial charge in [-0.05, 0) is 37.5 Å². The number of hydrogen-bond donors (Lipinski definition) is 3. The smallest absolute Gasteiger partial charge is 0.462 e. The van der Waals surface area contributed by atoms with Crippen molar-refractivity contribution in [3.8, 4) is 0 Å². The Balaban J connectivity index is 5.22. The van der Waals surface area contributed by atoms with Gasteiger partial charge in [0.1, 0.15) is 19.3 Å². The number of carbonyl (C=O) groups excluding carboxylic acids is 4. The number of hydrogen-bond acceptors (Lipinski definition) is 15. The normalized spacial score (nSPS) is 14.1. The first-order valence-electron chi connectivity index (χ1n) is 43.0. The van der Waals surface area contributed by atoms with Crippen molar-refractivity contribution in [3.05, 3.63) is 0 Å². The van der Waals surface area contributed by atoms with Crippen LogP contribution in [0.4, 0.5) is 0 Å². The molecule has 606 valence electrons. The Labute approximate surface area is 626 Å².